The third kappa shape index (κ3) is 3.66. The molecule has 0 aromatic heterocycles. The van der Waals surface area contributed by atoms with Crippen LogP contribution >= 0.6 is 0 Å². The van der Waals surface area contributed by atoms with Crippen LogP contribution in [0.1, 0.15) is 90.9 Å². The van der Waals surface area contributed by atoms with Gasteiger partial charge in [0.1, 0.15) is 0 Å². The minimum absolute atomic E-state index is 0.475. The zero-order valence-corrected chi connectivity index (χ0v) is 14.4. The van der Waals surface area contributed by atoms with E-state index in [1.807, 2.05) is 0 Å². The van der Waals surface area contributed by atoms with Gasteiger partial charge in [-0.25, -0.2) is 0 Å². The van der Waals surface area contributed by atoms with E-state index in [0.717, 1.165) is 23.7 Å². The summed E-state index contributed by atoms with van der Waals surface area (Å²) in [4.78, 5) is 0. The molecule has 4 fully saturated rings. The summed E-state index contributed by atoms with van der Waals surface area (Å²) in [5.74, 6) is 4.11. The largest absolute Gasteiger partial charge is 0.328 e. The monoisotopic (exact) mass is 291 g/mol. The fraction of sp³-hybridized carbons (Fsp3) is 1.00. The van der Waals surface area contributed by atoms with Crippen molar-refractivity contribution in [2.24, 2.45) is 34.8 Å². The number of hydrogen-bond donors (Lipinski definition) is 1. The molecule has 1 heteroatoms. The van der Waals surface area contributed by atoms with Crippen molar-refractivity contribution in [3.05, 3.63) is 0 Å². The third-order valence-electron chi connectivity index (χ3n) is 7.04. The van der Waals surface area contributed by atoms with Crippen molar-refractivity contribution in [3.8, 4) is 0 Å². The highest BCUT2D eigenvalue weighted by Gasteiger charge is 2.50. The molecule has 4 aliphatic rings. The zero-order chi connectivity index (χ0) is 14.9. The van der Waals surface area contributed by atoms with Gasteiger partial charge in [-0.05, 0) is 80.5 Å². The molecule has 4 saturated carbocycles. The summed E-state index contributed by atoms with van der Waals surface area (Å²) in [5.41, 5.74) is 7.32. The topological polar surface area (TPSA) is 26.0 Å². The standard InChI is InChI=1S/C20H37N/c1-3-5-6-15(4-2)10-19(21)14-20-11-16-7-17(12-20)9-18(8-16)13-20/h15-19H,3-14,21H2,1-2H3. The second kappa shape index (κ2) is 6.60. The van der Waals surface area contributed by atoms with E-state index in [9.17, 15) is 0 Å². The molecular formula is C20H37N. The predicted octanol–water partition coefficient (Wildman–Crippen LogP) is 5.53. The van der Waals surface area contributed by atoms with E-state index in [2.05, 4.69) is 13.8 Å². The van der Waals surface area contributed by atoms with Gasteiger partial charge in [-0.15, -0.1) is 0 Å². The molecule has 0 spiro atoms. The Labute approximate surface area is 132 Å². The second-order valence-electron chi connectivity index (χ2n) is 9.03. The van der Waals surface area contributed by atoms with Crippen LogP contribution in [0.5, 0.6) is 0 Å². The van der Waals surface area contributed by atoms with Crippen LogP contribution < -0.4 is 5.73 Å². The van der Waals surface area contributed by atoms with Crippen LogP contribution in [0.25, 0.3) is 0 Å². The summed E-state index contributed by atoms with van der Waals surface area (Å²) in [6.45, 7) is 4.67. The van der Waals surface area contributed by atoms with E-state index in [4.69, 9.17) is 5.73 Å². The van der Waals surface area contributed by atoms with Gasteiger partial charge in [-0.2, -0.15) is 0 Å². The number of rotatable bonds is 8. The molecule has 4 aliphatic carbocycles. The van der Waals surface area contributed by atoms with Crippen molar-refractivity contribution in [1.29, 1.82) is 0 Å². The highest BCUT2D eigenvalue weighted by Crippen LogP contribution is 2.61. The first-order valence-electron chi connectivity index (χ1n) is 9.88. The summed E-state index contributed by atoms with van der Waals surface area (Å²) >= 11 is 0. The highest BCUT2D eigenvalue weighted by atomic mass is 14.7. The van der Waals surface area contributed by atoms with Crippen molar-refractivity contribution in [2.45, 2.75) is 96.9 Å². The van der Waals surface area contributed by atoms with Gasteiger partial charge in [0.15, 0.2) is 0 Å². The SMILES string of the molecule is CCCCC(CC)CC(N)CC12CC3CC(CC(C3)C1)C2. The fourth-order valence-corrected chi connectivity index (χ4v) is 6.59. The normalized spacial score (nSPS) is 40.4. The molecule has 1 nitrogen and oxygen atoms in total. The molecule has 0 radical (unpaired) electrons. The Morgan fingerprint density at radius 3 is 2.05 bits per heavy atom. The molecule has 21 heavy (non-hydrogen) atoms. The van der Waals surface area contributed by atoms with Crippen molar-refractivity contribution in [3.63, 3.8) is 0 Å². The fourth-order valence-electron chi connectivity index (χ4n) is 6.59. The number of unbranched alkanes of at least 4 members (excludes halogenated alkanes) is 1. The number of hydrogen-bond acceptors (Lipinski definition) is 1. The lowest BCUT2D eigenvalue weighted by Gasteiger charge is -2.57. The molecule has 0 heterocycles. The van der Waals surface area contributed by atoms with Crippen molar-refractivity contribution >= 4 is 0 Å². The maximum Gasteiger partial charge on any atom is 0.00467 e. The zero-order valence-electron chi connectivity index (χ0n) is 14.4. The molecule has 0 aromatic rings. The van der Waals surface area contributed by atoms with Gasteiger partial charge >= 0.3 is 0 Å². The van der Waals surface area contributed by atoms with Crippen LogP contribution in [0.15, 0.2) is 0 Å². The van der Waals surface area contributed by atoms with Crippen LogP contribution in [0.4, 0.5) is 0 Å². The van der Waals surface area contributed by atoms with E-state index in [-0.39, 0.29) is 0 Å². The first-order valence-corrected chi connectivity index (χ1v) is 9.88. The Bertz CT molecular complexity index is 299. The molecule has 122 valence electrons. The summed E-state index contributed by atoms with van der Waals surface area (Å²) < 4.78 is 0. The molecule has 2 atom stereocenters. The van der Waals surface area contributed by atoms with Crippen molar-refractivity contribution in [1.82, 2.24) is 0 Å². The van der Waals surface area contributed by atoms with Gasteiger partial charge in [0, 0.05) is 6.04 Å². The lowest BCUT2D eigenvalue weighted by molar-refractivity contribution is -0.0612. The first kappa shape index (κ1) is 15.8. The first-order chi connectivity index (χ1) is 10.1. The molecule has 2 N–H and O–H groups in total. The van der Waals surface area contributed by atoms with E-state index in [1.54, 1.807) is 19.3 Å². The Hall–Kier alpha value is -0.0400. The van der Waals surface area contributed by atoms with E-state index in [1.165, 1.54) is 57.8 Å². The quantitative estimate of drug-likeness (QED) is 0.625. The minimum Gasteiger partial charge on any atom is -0.328 e. The van der Waals surface area contributed by atoms with Crippen molar-refractivity contribution in [2.75, 3.05) is 0 Å². The molecule has 2 unspecified atom stereocenters. The molecule has 0 aromatic carbocycles. The lowest BCUT2D eigenvalue weighted by atomic mass is 9.48. The maximum atomic E-state index is 6.64. The summed E-state index contributed by atoms with van der Waals surface area (Å²) in [6.07, 6.45) is 17.3. The Kier molecular flexibility index (Phi) is 4.98. The molecule has 0 aliphatic heterocycles. The van der Waals surface area contributed by atoms with Crippen LogP contribution in [-0.4, -0.2) is 6.04 Å². The average Bonchev–Trinajstić information content (AvgIpc) is 2.41. The summed E-state index contributed by atoms with van der Waals surface area (Å²) in [5, 5.41) is 0. The van der Waals surface area contributed by atoms with Gasteiger partial charge in [0.25, 0.3) is 0 Å². The Balaban J connectivity index is 1.53. The number of nitrogens with two attached hydrogens (primary N) is 1. The Morgan fingerprint density at radius 1 is 1.00 bits per heavy atom. The smallest absolute Gasteiger partial charge is 0.00467 e. The Morgan fingerprint density at radius 2 is 1.57 bits per heavy atom. The maximum absolute atomic E-state index is 6.64. The minimum atomic E-state index is 0.475. The van der Waals surface area contributed by atoms with E-state index in [0.29, 0.717) is 11.5 Å². The van der Waals surface area contributed by atoms with Crippen molar-refractivity contribution < 1.29 is 0 Å². The van der Waals surface area contributed by atoms with E-state index < -0.39 is 0 Å². The third-order valence-corrected chi connectivity index (χ3v) is 7.04. The van der Waals surface area contributed by atoms with Gasteiger partial charge in [0.05, 0.1) is 0 Å². The second-order valence-corrected chi connectivity index (χ2v) is 9.03. The van der Waals surface area contributed by atoms with Gasteiger partial charge in [-0.1, -0.05) is 39.5 Å². The molecule has 0 saturated heterocycles. The van der Waals surface area contributed by atoms with Gasteiger partial charge < -0.3 is 5.73 Å². The van der Waals surface area contributed by atoms with Crippen LogP contribution in [0.2, 0.25) is 0 Å². The van der Waals surface area contributed by atoms with E-state index >= 15 is 0 Å². The predicted molar refractivity (Wildman–Crippen MR) is 91.1 cm³/mol. The molecular weight excluding hydrogens is 254 g/mol. The molecule has 4 rings (SSSR count). The summed E-state index contributed by atoms with van der Waals surface area (Å²) in [7, 11) is 0. The van der Waals surface area contributed by atoms with Crippen LogP contribution in [0.3, 0.4) is 0 Å². The molecule has 0 amide bonds. The average molecular weight is 292 g/mol. The van der Waals surface area contributed by atoms with Crippen LogP contribution in [-0.2, 0) is 0 Å². The van der Waals surface area contributed by atoms with Gasteiger partial charge in [0.2, 0.25) is 0 Å². The van der Waals surface area contributed by atoms with Crippen LogP contribution in [0, 0.1) is 29.1 Å². The lowest BCUT2D eigenvalue weighted by Crippen LogP contribution is -2.48. The molecule has 4 bridgehead atoms. The highest BCUT2D eigenvalue weighted by molar-refractivity contribution is 5.02. The summed E-state index contributed by atoms with van der Waals surface area (Å²) in [6, 6.07) is 0.475. The van der Waals surface area contributed by atoms with Gasteiger partial charge in [-0.3, -0.25) is 0 Å².